The van der Waals surface area contributed by atoms with E-state index < -0.39 is 54.0 Å². The van der Waals surface area contributed by atoms with E-state index >= 15 is 0 Å². The van der Waals surface area contributed by atoms with Gasteiger partial charge in [-0.2, -0.15) is 13.2 Å². The largest absolute Gasteiger partial charge is 0.474 e. The molecule has 3 heterocycles. The number of fused-ring (bicyclic) bond motifs is 5. The molecular formula is C17H19F5N4O3. The van der Waals surface area contributed by atoms with Gasteiger partial charge in [-0.15, -0.1) is 10.2 Å². The fourth-order valence-corrected chi connectivity index (χ4v) is 3.05. The quantitative estimate of drug-likeness (QED) is 0.666. The Morgan fingerprint density at radius 2 is 1.97 bits per heavy atom. The first-order chi connectivity index (χ1) is 13.5. The molecule has 2 atom stereocenters. The molecule has 29 heavy (non-hydrogen) atoms. The van der Waals surface area contributed by atoms with E-state index in [0.29, 0.717) is 19.3 Å². The zero-order valence-corrected chi connectivity index (χ0v) is 15.3. The maximum Gasteiger partial charge on any atom is 0.426 e. The summed E-state index contributed by atoms with van der Waals surface area (Å²) >= 11 is 0. The highest BCUT2D eigenvalue weighted by Crippen LogP contribution is 2.43. The maximum absolute atomic E-state index is 13.5. The normalized spacial score (nSPS) is 23.5. The van der Waals surface area contributed by atoms with Crippen LogP contribution in [0.1, 0.15) is 56.9 Å². The van der Waals surface area contributed by atoms with Gasteiger partial charge in [0.15, 0.2) is 5.69 Å². The molecule has 160 valence electrons. The van der Waals surface area contributed by atoms with Gasteiger partial charge in [0.2, 0.25) is 11.5 Å². The molecule has 0 fully saturated rings. The Hall–Kier alpha value is -2.50. The Kier molecular flexibility index (Phi) is 5.65. The smallest absolute Gasteiger partial charge is 0.426 e. The SMILES string of the molecule is C[C@@H]1CCCCC[C@](O)(C(F)(F)F)c2nnc(o2)-c2nc(c(C(F)F)cc2N)O1. The van der Waals surface area contributed by atoms with Crippen molar-refractivity contribution in [2.45, 2.75) is 63.3 Å². The molecule has 0 saturated heterocycles. The van der Waals surface area contributed by atoms with E-state index in [-0.39, 0.29) is 17.8 Å². The van der Waals surface area contributed by atoms with Crippen LogP contribution in [-0.4, -0.2) is 32.6 Å². The molecule has 0 radical (unpaired) electrons. The number of pyridine rings is 1. The molecule has 7 nitrogen and oxygen atoms in total. The highest BCUT2D eigenvalue weighted by atomic mass is 19.4. The number of ether oxygens (including phenoxy) is 1. The second-order valence-electron chi connectivity index (χ2n) is 6.92. The van der Waals surface area contributed by atoms with Crippen molar-refractivity contribution in [3.8, 4) is 17.5 Å². The minimum atomic E-state index is -5.06. The van der Waals surface area contributed by atoms with Crippen LogP contribution in [0.25, 0.3) is 11.6 Å². The summed E-state index contributed by atoms with van der Waals surface area (Å²) < 4.78 is 77.9. The monoisotopic (exact) mass is 422 g/mol. The molecule has 1 aliphatic rings. The number of nitrogens with two attached hydrogens (primary N) is 1. The van der Waals surface area contributed by atoms with Crippen LogP contribution in [0.4, 0.5) is 27.6 Å². The highest BCUT2D eigenvalue weighted by Gasteiger charge is 2.58. The van der Waals surface area contributed by atoms with Crippen molar-refractivity contribution in [2.75, 3.05) is 5.73 Å². The molecule has 12 heteroatoms. The van der Waals surface area contributed by atoms with Crippen molar-refractivity contribution >= 4 is 5.69 Å². The van der Waals surface area contributed by atoms with Gasteiger partial charge in [0, 0.05) is 0 Å². The first-order valence-corrected chi connectivity index (χ1v) is 8.91. The lowest BCUT2D eigenvalue weighted by Gasteiger charge is -2.27. The number of nitrogens with zero attached hydrogens (tertiary/aromatic N) is 3. The molecule has 3 N–H and O–H groups in total. The van der Waals surface area contributed by atoms with Crippen LogP contribution in [0, 0.1) is 0 Å². The number of hydrogen-bond acceptors (Lipinski definition) is 7. The predicted molar refractivity (Wildman–Crippen MR) is 90.0 cm³/mol. The third-order valence-electron chi connectivity index (χ3n) is 4.69. The van der Waals surface area contributed by atoms with Gasteiger partial charge >= 0.3 is 6.18 Å². The van der Waals surface area contributed by atoms with E-state index in [2.05, 4.69) is 15.2 Å². The molecule has 3 rings (SSSR count). The molecule has 0 aliphatic carbocycles. The number of rotatable bonds is 1. The van der Waals surface area contributed by atoms with Crippen LogP contribution in [0.15, 0.2) is 10.5 Å². The topological polar surface area (TPSA) is 107 Å². The Morgan fingerprint density at radius 1 is 1.24 bits per heavy atom. The summed E-state index contributed by atoms with van der Waals surface area (Å²) in [6.45, 7) is 1.63. The summed E-state index contributed by atoms with van der Waals surface area (Å²) in [6, 6.07) is 0.904. The van der Waals surface area contributed by atoms with Crippen LogP contribution >= 0.6 is 0 Å². The standard InChI is InChI=1S/C17H19F5N4O3/c1-8-5-3-2-4-6-16(27,17(20,21)22)15-26-25-14(29-15)11-10(23)7-9(12(18)19)13(24-11)28-8/h7-8,12,27H,2-6,23H2,1H3/t8-,16-/m1/s1. The van der Waals surface area contributed by atoms with Crippen molar-refractivity contribution in [1.29, 1.82) is 0 Å². The molecule has 0 unspecified atom stereocenters. The maximum atomic E-state index is 13.5. The first kappa shape index (κ1) is 21.2. The summed E-state index contributed by atoms with van der Waals surface area (Å²) in [7, 11) is 0. The lowest BCUT2D eigenvalue weighted by atomic mass is 9.94. The van der Waals surface area contributed by atoms with Gasteiger partial charge in [-0.3, -0.25) is 0 Å². The number of aromatic nitrogens is 3. The van der Waals surface area contributed by atoms with Crippen LogP contribution in [-0.2, 0) is 5.60 Å². The number of nitrogen functional groups attached to an aromatic ring is 1. The van der Waals surface area contributed by atoms with Crippen LogP contribution in [0.5, 0.6) is 5.88 Å². The van der Waals surface area contributed by atoms with Gasteiger partial charge < -0.3 is 20.0 Å². The van der Waals surface area contributed by atoms with Crippen molar-refractivity contribution in [3.05, 3.63) is 17.5 Å². The van der Waals surface area contributed by atoms with Crippen LogP contribution in [0.3, 0.4) is 0 Å². The van der Waals surface area contributed by atoms with Crippen molar-refractivity contribution < 1.29 is 36.2 Å². The second kappa shape index (κ2) is 7.73. The Bertz CT molecular complexity index is 873. The van der Waals surface area contributed by atoms with Gasteiger partial charge in [-0.25, -0.2) is 13.8 Å². The summed E-state index contributed by atoms with van der Waals surface area (Å²) in [5, 5.41) is 17.1. The van der Waals surface area contributed by atoms with Crippen molar-refractivity contribution in [1.82, 2.24) is 15.2 Å². The lowest BCUT2D eigenvalue weighted by Crippen LogP contribution is -2.42. The minimum absolute atomic E-state index is 0.0222. The molecule has 1 aliphatic heterocycles. The summed E-state index contributed by atoms with van der Waals surface area (Å²) in [5.74, 6) is -2.03. The molecule has 0 amide bonds. The van der Waals surface area contributed by atoms with E-state index in [4.69, 9.17) is 14.9 Å². The number of aliphatic hydroxyl groups is 1. The summed E-state index contributed by atoms with van der Waals surface area (Å²) in [5.41, 5.74) is 1.22. The Labute approximate surface area is 162 Å². The van der Waals surface area contributed by atoms with E-state index in [1.807, 2.05) is 0 Å². The van der Waals surface area contributed by atoms with Gasteiger partial charge in [0.05, 0.1) is 17.4 Å². The summed E-state index contributed by atoms with van der Waals surface area (Å²) in [6.07, 6.45) is -7.99. The third-order valence-corrected chi connectivity index (χ3v) is 4.69. The van der Waals surface area contributed by atoms with Crippen LogP contribution < -0.4 is 10.5 Å². The van der Waals surface area contributed by atoms with Gasteiger partial charge in [0.1, 0.15) is 0 Å². The zero-order valence-electron chi connectivity index (χ0n) is 15.3. The first-order valence-electron chi connectivity index (χ1n) is 8.91. The van der Waals surface area contributed by atoms with E-state index in [9.17, 15) is 27.1 Å². The lowest BCUT2D eigenvalue weighted by molar-refractivity contribution is -0.277. The molecule has 0 aromatic carbocycles. The average molecular weight is 422 g/mol. The fourth-order valence-electron chi connectivity index (χ4n) is 3.05. The molecule has 4 bridgehead atoms. The van der Waals surface area contributed by atoms with E-state index in [1.165, 1.54) is 0 Å². The van der Waals surface area contributed by atoms with Gasteiger partial charge in [-0.05, 0) is 38.7 Å². The zero-order chi connectivity index (χ0) is 21.4. The average Bonchev–Trinajstić information content (AvgIpc) is 3.10. The molecule has 0 spiro atoms. The second-order valence-corrected chi connectivity index (χ2v) is 6.92. The molecule has 0 saturated carbocycles. The van der Waals surface area contributed by atoms with Crippen LogP contribution in [0.2, 0.25) is 0 Å². The molecule has 2 aromatic rings. The number of halogens is 5. The predicted octanol–water partition coefficient (Wildman–Crippen LogP) is 4.13. The van der Waals surface area contributed by atoms with Gasteiger partial charge in [-0.1, -0.05) is 6.42 Å². The Balaban J connectivity index is 2.15. The fraction of sp³-hybridized carbons (Fsp3) is 0.588. The van der Waals surface area contributed by atoms with Crippen molar-refractivity contribution in [2.24, 2.45) is 0 Å². The van der Waals surface area contributed by atoms with E-state index in [0.717, 1.165) is 6.07 Å². The molecule has 2 aromatic heterocycles. The minimum Gasteiger partial charge on any atom is -0.474 e. The number of anilines is 1. The highest BCUT2D eigenvalue weighted by molar-refractivity contribution is 5.68. The molecular weight excluding hydrogens is 403 g/mol. The van der Waals surface area contributed by atoms with Gasteiger partial charge in [0.25, 0.3) is 18.2 Å². The third kappa shape index (κ3) is 4.11. The number of alkyl halides is 5. The van der Waals surface area contributed by atoms with Crippen molar-refractivity contribution in [3.63, 3.8) is 0 Å². The number of hydrogen-bond donors (Lipinski definition) is 2. The summed E-state index contributed by atoms with van der Waals surface area (Å²) in [4.78, 5) is 3.90. The Morgan fingerprint density at radius 3 is 2.62 bits per heavy atom. The van der Waals surface area contributed by atoms with E-state index in [1.54, 1.807) is 6.92 Å².